The molecule has 1 aliphatic rings. The zero-order valence-electron chi connectivity index (χ0n) is 9.85. The minimum Gasteiger partial charge on any atom is -0.464 e. The molecule has 1 amide bonds. The van der Waals surface area contributed by atoms with Crippen molar-refractivity contribution in [1.82, 2.24) is 14.8 Å². The van der Waals surface area contributed by atoms with Gasteiger partial charge in [0.2, 0.25) is 5.71 Å². The highest BCUT2D eigenvalue weighted by atomic mass is 16.4. The molecule has 9 nitrogen and oxygen atoms in total. The van der Waals surface area contributed by atoms with Crippen molar-refractivity contribution >= 4 is 35.0 Å². The number of hydrogen-bond donors (Lipinski definition) is 3. The Morgan fingerprint density at radius 1 is 1.30 bits per heavy atom. The number of H-pyrrole nitrogens is 1. The fraction of sp³-hybridized carbons (Fsp3) is 0. The van der Waals surface area contributed by atoms with Gasteiger partial charge in [-0.3, -0.25) is 14.6 Å². The second-order valence-corrected chi connectivity index (χ2v) is 3.89. The van der Waals surface area contributed by atoms with Gasteiger partial charge in [0, 0.05) is 12.4 Å². The molecule has 3 N–H and O–H groups in total. The van der Waals surface area contributed by atoms with E-state index in [1.54, 1.807) is 0 Å². The highest BCUT2D eigenvalue weighted by Crippen LogP contribution is 2.31. The number of aromatic amines is 1. The van der Waals surface area contributed by atoms with Gasteiger partial charge in [-0.05, 0) is 6.08 Å². The Hall–Kier alpha value is -3.23. The summed E-state index contributed by atoms with van der Waals surface area (Å²) in [5.41, 5.74) is 0.832. The normalized spacial score (nSPS) is 12.5. The number of nitrogens with one attached hydrogen (secondary N) is 1. The zero-order valence-corrected chi connectivity index (χ0v) is 9.85. The quantitative estimate of drug-likeness (QED) is 0.676. The number of amides is 1. The van der Waals surface area contributed by atoms with E-state index in [0.717, 1.165) is 21.9 Å². The lowest BCUT2D eigenvalue weighted by Crippen LogP contribution is -2.25. The highest BCUT2D eigenvalue weighted by Gasteiger charge is 2.22. The zero-order chi connectivity index (χ0) is 14.3. The first-order chi connectivity index (χ1) is 9.58. The van der Waals surface area contributed by atoms with Gasteiger partial charge in [-0.15, -0.1) is 5.10 Å². The van der Waals surface area contributed by atoms with Crippen LogP contribution in [-0.2, 0) is 0 Å². The minimum absolute atomic E-state index is 0.130. The SMILES string of the molecule is O=C(O)N1C=Cc2[nH]nc3occn(C(=O)O)cc1c23. The minimum atomic E-state index is -1.27. The van der Waals surface area contributed by atoms with E-state index in [1.807, 2.05) is 0 Å². The van der Waals surface area contributed by atoms with Gasteiger partial charge >= 0.3 is 12.2 Å². The predicted octanol–water partition coefficient (Wildman–Crippen LogP) is 2.08. The number of anilines is 1. The Labute approximate surface area is 110 Å². The van der Waals surface area contributed by atoms with Crippen LogP contribution in [0.5, 0.6) is 0 Å². The molecule has 0 aromatic carbocycles. The maximum atomic E-state index is 11.2. The summed E-state index contributed by atoms with van der Waals surface area (Å²) >= 11 is 0. The molecule has 102 valence electrons. The summed E-state index contributed by atoms with van der Waals surface area (Å²) in [6, 6.07) is 0. The first-order valence-electron chi connectivity index (χ1n) is 5.43. The molecule has 0 saturated heterocycles. The van der Waals surface area contributed by atoms with Gasteiger partial charge in [0.15, 0.2) is 0 Å². The summed E-state index contributed by atoms with van der Waals surface area (Å²) in [6.07, 6.45) is 3.76. The molecule has 20 heavy (non-hydrogen) atoms. The first kappa shape index (κ1) is 11.8. The van der Waals surface area contributed by atoms with E-state index in [1.165, 1.54) is 18.5 Å². The average Bonchev–Trinajstić information content (AvgIpc) is 2.77. The topological polar surface area (TPSA) is 125 Å². The molecular weight excluding hydrogens is 268 g/mol. The Kier molecular flexibility index (Phi) is 2.46. The molecule has 9 heteroatoms. The molecule has 0 atom stereocenters. The average molecular weight is 276 g/mol. The summed E-state index contributed by atoms with van der Waals surface area (Å²) in [5, 5.41) is 25.2. The predicted molar refractivity (Wildman–Crippen MR) is 66.9 cm³/mol. The van der Waals surface area contributed by atoms with Crippen molar-refractivity contribution in [2.24, 2.45) is 0 Å². The number of aromatic nitrogens is 3. The first-order valence-corrected chi connectivity index (χ1v) is 5.43. The Bertz CT molecular complexity index is 795. The van der Waals surface area contributed by atoms with Crippen molar-refractivity contribution in [1.29, 1.82) is 0 Å². The molecule has 0 radical (unpaired) electrons. The summed E-state index contributed by atoms with van der Waals surface area (Å²) < 4.78 is 6.00. The van der Waals surface area contributed by atoms with Crippen molar-refractivity contribution < 1.29 is 24.2 Å². The highest BCUT2D eigenvalue weighted by molar-refractivity contribution is 6.05. The van der Waals surface area contributed by atoms with Crippen LogP contribution in [0, 0.1) is 0 Å². The lowest BCUT2D eigenvalue weighted by Gasteiger charge is -2.18. The molecule has 1 aliphatic heterocycles. The van der Waals surface area contributed by atoms with E-state index < -0.39 is 12.2 Å². The molecular formula is C11H8N4O5. The molecule has 0 saturated carbocycles. The van der Waals surface area contributed by atoms with Gasteiger partial charge in [-0.2, -0.15) is 0 Å². The van der Waals surface area contributed by atoms with Gasteiger partial charge in [-0.1, -0.05) is 0 Å². The number of carboxylic acid groups (broad SMARTS) is 2. The smallest absolute Gasteiger partial charge is 0.416 e. The fourth-order valence-electron chi connectivity index (χ4n) is 1.89. The molecule has 0 bridgehead atoms. The Morgan fingerprint density at radius 3 is 2.80 bits per heavy atom. The molecule has 2 aromatic rings. The van der Waals surface area contributed by atoms with Crippen LogP contribution in [0.25, 0.3) is 17.2 Å². The van der Waals surface area contributed by atoms with Gasteiger partial charge in [0.05, 0.1) is 23.0 Å². The van der Waals surface area contributed by atoms with E-state index in [4.69, 9.17) is 9.52 Å². The monoisotopic (exact) mass is 276 g/mol. The van der Waals surface area contributed by atoms with Crippen molar-refractivity contribution in [2.75, 3.05) is 4.90 Å². The van der Waals surface area contributed by atoms with Gasteiger partial charge in [0.1, 0.15) is 6.26 Å². The summed E-state index contributed by atoms with van der Waals surface area (Å²) in [4.78, 5) is 23.2. The van der Waals surface area contributed by atoms with Crippen LogP contribution in [0.3, 0.4) is 0 Å². The molecule has 0 spiro atoms. The van der Waals surface area contributed by atoms with Crippen molar-refractivity contribution in [3.63, 3.8) is 0 Å². The second kappa shape index (κ2) is 4.16. The fourth-order valence-corrected chi connectivity index (χ4v) is 1.89. The summed E-state index contributed by atoms with van der Waals surface area (Å²) in [6.45, 7) is 0. The second-order valence-electron chi connectivity index (χ2n) is 3.89. The molecule has 0 fully saturated rings. The van der Waals surface area contributed by atoms with Crippen LogP contribution in [0.15, 0.2) is 29.3 Å². The standard InChI is InChI=1S/C11H8N4O5/c16-10(17)14-3-4-20-9-8-6(12-13-9)1-2-15(11(18)19)7(8)5-14/h1-5H,(H,12,13)(H,16,17)(H,18,19). The van der Waals surface area contributed by atoms with Crippen molar-refractivity contribution in [3.8, 4) is 0 Å². The van der Waals surface area contributed by atoms with Crippen molar-refractivity contribution in [3.05, 3.63) is 30.6 Å². The Balaban J connectivity index is 2.43. The van der Waals surface area contributed by atoms with E-state index in [0.29, 0.717) is 11.1 Å². The number of rotatable bonds is 0. The van der Waals surface area contributed by atoms with Crippen molar-refractivity contribution in [2.45, 2.75) is 0 Å². The van der Waals surface area contributed by atoms with Crippen LogP contribution < -0.4 is 4.90 Å². The van der Waals surface area contributed by atoms with Crippen LogP contribution in [-0.4, -0.2) is 37.2 Å². The van der Waals surface area contributed by atoms with Gasteiger partial charge in [0.25, 0.3) is 0 Å². The maximum absolute atomic E-state index is 11.2. The van der Waals surface area contributed by atoms with Crippen LogP contribution in [0.1, 0.15) is 5.69 Å². The van der Waals surface area contributed by atoms with Crippen LogP contribution in [0.2, 0.25) is 0 Å². The lowest BCUT2D eigenvalue weighted by molar-refractivity contribution is 0.195. The number of carbonyl (C=O) groups is 2. The third-order valence-electron chi connectivity index (χ3n) is 2.76. The molecule has 3 rings (SSSR count). The molecule has 3 heterocycles. The largest absolute Gasteiger partial charge is 0.464 e. The van der Waals surface area contributed by atoms with Gasteiger partial charge < -0.3 is 14.6 Å². The molecule has 0 aliphatic carbocycles. The summed E-state index contributed by atoms with van der Waals surface area (Å²) in [7, 11) is 0. The lowest BCUT2D eigenvalue weighted by atomic mass is 10.2. The van der Waals surface area contributed by atoms with E-state index in [2.05, 4.69) is 10.2 Å². The number of hydrogen-bond acceptors (Lipinski definition) is 4. The molecule has 0 unspecified atom stereocenters. The van der Waals surface area contributed by atoms with E-state index in [9.17, 15) is 14.7 Å². The maximum Gasteiger partial charge on any atom is 0.416 e. The third-order valence-corrected chi connectivity index (χ3v) is 2.76. The summed E-state index contributed by atoms with van der Waals surface area (Å²) in [5.74, 6) is 0. The molecule has 2 aromatic heterocycles. The van der Waals surface area contributed by atoms with E-state index in [-0.39, 0.29) is 11.4 Å². The van der Waals surface area contributed by atoms with Crippen LogP contribution >= 0.6 is 0 Å². The van der Waals surface area contributed by atoms with E-state index >= 15 is 0 Å². The Morgan fingerprint density at radius 2 is 2.10 bits per heavy atom. The van der Waals surface area contributed by atoms with Gasteiger partial charge in [-0.25, -0.2) is 9.59 Å². The van der Waals surface area contributed by atoms with Crippen LogP contribution in [0.4, 0.5) is 15.3 Å². The number of nitrogens with zero attached hydrogens (tertiary/aromatic N) is 3. The third kappa shape index (κ3) is 1.68.